The average molecular weight is 355 g/mol. The van der Waals surface area contributed by atoms with Crippen LogP contribution in [0.4, 0.5) is 10.1 Å². The van der Waals surface area contributed by atoms with Gasteiger partial charge in [-0.1, -0.05) is 37.3 Å². The second-order valence-corrected chi connectivity index (χ2v) is 7.61. The maximum Gasteiger partial charge on any atom is 0.130 e. The second-order valence-electron chi connectivity index (χ2n) is 7.18. The molecule has 1 aromatic rings. The van der Waals surface area contributed by atoms with Crippen molar-refractivity contribution < 1.29 is 9.50 Å². The minimum atomic E-state index is -0.723. The van der Waals surface area contributed by atoms with Crippen molar-refractivity contribution in [3.63, 3.8) is 0 Å². The van der Waals surface area contributed by atoms with Gasteiger partial charge < -0.3 is 10.0 Å². The fraction of sp³-hybridized carbons (Fsp3) is 0.684. The molecular formula is C19H28ClFN2O. The van der Waals surface area contributed by atoms with Crippen molar-refractivity contribution in [3.05, 3.63) is 28.5 Å². The number of hydrogen-bond donors (Lipinski definition) is 2. The molecule has 1 fully saturated rings. The van der Waals surface area contributed by atoms with Gasteiger partial charge in [0.25, 0.3) is 0 Å². The van der Waals surface area contributed by atoms with E-state index in [1.165, 1.54) is 44.6 Å². The zero-order chi connectivity index (χ0) is 17.1. The van der Waals surface area contributed by atoms with Gasteiger partial charge in [-0.15, -0.1) is 0 Å². The Morgan fingerprint density at radius 1 is 1.29 bits per heavy atom. The van der Waals surface area contributed by atoms with Crippen LogP contribution in [0.15, 0.2) is 12.1 Å². The summed E-state index contributed by atoms with van der Waals surface area (Å²) < 4.78 is 14.5. The molecule has 134 valence electrons. The Bertz CT molecular complexity index is 561. The minimum Gasteiger partial charge on any atom is -0.378 e. The van der Waals surface area contributed by atoms with Crippen molar-refractivity contribution in [1.29, 1.82) is 0 Å². The molecule has 2 unspecified atom stereocenters. The molecule has 0 bridgehead atoms. The third-order valence-corrected chi connectivity index (χ3v) is 5.77. The van der Waals surface area contributed by atoms with Crippen molar-refractivity contribution in [1.82, 2.24) is 5.32 Å². The van der Waals surface area contributed by atoms with Crippen LogP contribution in [0, 0.1) is 11.7 Å². The molecule has 2 aliphatic rings. The molecule has 1 aliphatic carbocycles. The lowest BCUT2D eigenvalue weighted by molar-refractivity contribution is 0.104. The zero-order valence-electron chi connectivity index (χ0n) is 14.4. The van der Waals surface area contributed by atoms with Crippen LogP contribution in [-0.2, 0) is 0 Å². The summed E-state index contributed by atoms with van der Waals surface area (Å²) in [4.78, 5) is 2.09. The van der Waals surface area contributed by atoms with E-state index in [4.69, 9.17) is 11.6 Å². The minimum absolute atomic E-state index is 0.247. The van der Waals surface area contributed by atoms with Gasteiger partial charge in [0, 0.05) is 41.8 Å². The second kappa shape index (κ2) is 8.03. The molecule has 24 heavy (non-hydrogen) atoms. The number of aliphatic hydroxyl groups excluding tert-OH is 1. The third-order valence-electron chi connectivity index (χ3n) is 5.55. The van der Waals surface area contributed by atoms with Crippen molar-refractivity contribution in [2.45, 2.75) is 57.6 Å². The van der Waals surface area contributed by atoms with Gasteiger partial charge in [0.05, 0.1) is 0 Å². The molecule has 3 rings (SSSR count). The highest BCUT2D eigenvalue weighted by Gasteiger charge is 2.35. The number of likely N-dealkylation sites (N-methyl/N-ethyl adjacent to an activating group) is 1. The predicted octanol–water partition coefficient (Wildman–Crippen LogP) is 4.28. The van der Waals surface area contributed by atoms with Crippen LogP contribution in [-0.4, -0.2) is 31.0 Å². The fourth-order valence-corrected chi connectivity index (χ4v) is 4.38. The predicted molar refractivity (Wildman–Crippen MR) is 97.2 cm³/mol. The average Bonchev–Trinajstić information content (AvgIpc) is 2.74. The van der Waals surface area contributed by atoms with E-state index in [2.05, 4.69) is 10.2 Å². The van der Waals surface area contributed by atoms with Crippen LogP contribution in [0.5, 0.6) is 0 Å². The first kappa shape index (κ1) is 18.0. The van der Waals surface area contributed by atoms with E-state index in [0.717, 1.165) is 18.8 Å². The van der Waals surface area contributed by atoms with Gasteiger partial charge in [0.1, 0.15) is 12.0 Å². The van der Waals surface area contributed by atoms with Crippen LogP contribution >= 0.6 is 11.6 Å². The van der Waals surface area contributed by atoms with E-state index in [0.29, 0.717) is 23.0 Å². The number of halogens is 2. The van der Waals surface area contributed by atoms with Crippen LogP contribution in [0.3, 0.4) is 0 Å². The monoisotopic (exact) mass is 354 g/mol. The van der Waals surface area contributed by atoms with Crippen LogP contribution < -0.4 is 10.2 Å². The molecule has 1 saturated carbocycles. The lowest BCUT2D eigenvalue weighted by atomic mass is 9.97. The summed E-state index contributed by atoms with van der Waals surface area (Å²) in [6.45, 7) is 4.26. The highest BCUT2D eigenvalue weighted by Crippen LogP contribution is 2.41. The molecule has 0 aromatic heterocycles. The first-order valence-electron chi connectivity index (χ1n) is 9.25. The summed E-state index contributed by atoms with van der Waals surface area (Å²) in [7, 11) is 0. The number of anilines is 1. The zero-order valence-corrected chi connectivity index (χ0v) is 15.2. The summed E-state index contributed by atoms with van der Waals surface area (Å²) in [6.07, 6.45) is 6.95. The molecule has 5 heteroatoms. The van der Waals surface area contributed by atoms with Crippen molar-refractivity contribution in [3.8, 4) is 0 Å². The molecule has 2 N–H and O–H groups in total. The van der Waals surface area contributed by atoms with Crippen molar-refractivity contribution >= 4 is 17.3 Å². The van der Waals surface area contributed by atoms with Gasteiger partial charge in [0.15, 0.2) is 0 Å². The molecule has 1 aromatic carbocycles. The summed E-state index contributed by atoms with van der Waals surface area (Å²) in [6, 6.07) is 3.16. The number of aliphatic hydroxyl groups is 1. The highest BCUT2D eigenvalue weighted by molar-refractivity contribution is 6.30. The first-order chi connectivity index (χ1) is 11.6. The maximum atomic E-state index is 14.5. The van der Waals surface area contributed by atoms with E-state index in [1.54, 1.807) is 0 Å². The number of rotatable bonds is 5. The van der Waals surface area contributed by atoms with E-state index in [9.17, 15) is 9.50 Å². The SMILES string of the molecule is CCN1CC(C(O)NCC2CCCCCC2)c2c(F)cc(Cl)cc21. The van der Waals surface area contributed by atoms with Crippen LogP contribution in [0.2, 0.25) is 5.02 Å². The number of fused-ring (bicyclic) bond motifs is 1. The maximum absolute atomic E-state index is 14.5. The molecule has 0 spiro atoms. The van der Waals surface area contributed by atoms with Crippen molar-refractivity contribution in [2.24, 2.45) is 5.92 Å². The molecule has 0 saturated heterocycles. The first-order valence-corrected chi connectivity index (χ1v) is 9.63. The third kappa shape index (κ3) is 3.87. The summed E-state index contributed by atoms with van der Waals surface area (Å²) in [5.41, 5.74) is 1.42. The molecular weight excluding hydrogens is 327 g/mol. The van der Waals surface area contributed by atoms with Gasteiger partial charge in [-0.05, 0) is 37.8 Å². The fourth-order valence-electron chi connectivity index (χ4n) is 4.18. The Labute approximate surface area is 149 Å². The van der Waals surface area contributed by atoms with Crippen LogP contribution in [0.1, 0.15) is 56.9 Å². The lowest BCUT2D eigenvalue weighted by Crippen LogP contribution is -2.39. The Hall–Kier alpha value is -0.840. The summed E-state index contributed by atoms with van der Waals surface area (Å²) >= 11 is 6.01. The van der Waals surface area contributed by atoms with Gasteiger partial charge >= 0.3 is 0 Å². The molecule has 1 aliphatic heterocycles. The molecule has 3 nitrogen and oxygen atoms in total. The van der Waals surface area contributed by atoms with Gasteiger partial charge in [-0.2, -0.15) is 0 Å². The number of hydrogen-bond acceptors (Lipinski definition) is 3. The van der Waals surface area contributed by atoms with Gasteiger partial charge in [-0.3, -0.25) is 5.32 Å². The Kier molecular flexibility index (Phi) is 6.01. The number of nitrogens with one attached hydrogen (secondary N) is 1. The Morgan fingerprint density at radius 3 is 2.67 bits per heavy atom. The summed E-state index contributed by atoms with van der Waals surface area (Å²) in [5.74, 6) is 0.0668. The highest BCUT2D eigenvalue weighted by atomic mass is 35.5. The Morgan fingerprint density at radius 2 is 2.00 bits per heavy atom. The molecule has 0 radical (unpaired) electrons. The van der Waals surface area contributed by atoms with Gasteiger partial charge in [-0.25, -0.2) is 4.39 Å². The topological polar surface area (TPSA) is 35.5 Å². The molecule has 1 heterocycles. The quantitative estimate of drug-likeness (QED) is 0.612. The standard InChI is InChI=1S/C19H28ClFN2O/c1-2-23-12-15(18-16(21)9-14(20)10-17(18)23)19(24)22-11-13-7-5-3-4-6-8-13/h9-10,13,15,19,22,24H,2-8,11-12H2,1H3. The smallest absolute Gasteiger partial charge is 0.130 e. The normalized spacial score (nSPS) is 23.2. The summed E-state index contributed by atoms with van der Waals surface area (Å²) in [5, 5.41) is 14.4. The molecule has 2 atom stereocenters. The van der Waals surface area contributed by atoms with E-state index < -0.39 is 6.23 Å². The number of nitrogens with zero attached hydrogens (tertiary/aromatic N) is 1. The van der Waals surface area contributed by atoms with Gasteiger partial charge in [0.2, 0.25) is 0 Å². The van der Waals surface area contributed by atoms with E-state index >= 15 is 0 Å². The molecule has 0 amide bonds. The van der Waals surface area contributed by atoms with E-state index in [-0.39, 0.29) is 11.7 Å². The largest absolute Gasteiger partial charge is 0.378 e. The number of benzene rings is 1. The van der Waals surface area contributed by atoms with Crippen molar-refractivity contribution in [2.75, 3.05) is 24.5 Å². The lowest BCUT2D eigenvalue weighted by Gasteiger charge is -2.24. The van der Waals surface area contributed by atoms with E-state index in [1.807, 2.05) is 13.0 Å². The Balaban J connectivity index is 1.68. The van der Waals surface area contributed by atoms with Crippen LogP contribution in [0.25, 0.3) is 0 Å².